The van der Waals surface area contributed by atoms with Crippen LogP contribution < -0.4 is 10.6 Å². The average Bonchev–Trinajstić information content (AvgIpc) is 3.44. The van der Waals surface area contributed by atoms with Crippen LogP contribution in [0.1, 0.15) is 53.3 Å². The first-order valence-corrected chi connectivity index (χ1v) is 11.6. The van der Waals surface area contributed by atoms with Crippen LogP contribution in [0, 0.1) is 5.41 Å². The Morgan fingerprint density at radius 1 is 1.09 bits per heavy atom. The van der Waals surface area contributed by atoms with Gasteiger partial charge in [0.05, 0.1) is 27.2 Å². The summed E-state index contributed by atoms with van der Waals surface area (Å²) < 4.78 is 0. The van der Waals surface area contributed by atoms with Gasteiger partial charge in [-0.15, -0.1) is 11.3 Å². The number of rotatable bonds is 6. The number of nitrogens with one attached hydrogen (secondary N) is 3. The van der Waals surface area contributed by atoms with E-state index < -0.39 is 0 Å². The number of amides is 2. The summed E-state index contributed by atoms with van der Waals surface area (Å²) >= 11 is 1.34. The molecular weight excluding hydrogens is 434 g/mol. The SMILES string of the molecule is CC(NC(=O)c1c[nH]c2ncc(-c3ccc(C(=O)NCc4ccccc4)s3)nc12)C(C)(C)C. The highest BCUT2D eigenvalue weighted by Crippen LogP contribution is 2.28. The van der Waals surface area contributed by atoms with Crippen LogP contribution >= 0.6 is 11.3 Å². The van der Waals surface area contributed by atoms with E-state index in [2.05, 4.69) is 46.4 Å². The van der Waals surface area contributed by atoms with Crippen LogP contribution in [0.5, 0.6) is 0 Å². The van der Waals surface area contributed by atoms with Gasteiger partial charge < -0.3 is 15.6 Å². The number of thiophene rings is 1. The van der Waals surface area contributed by atoms with E-state index in [4.69, 9.17) is 0 Å². The van der Waals surface area contributed by atoms with Gasteiger partial charge in [0, 0.05) is 18.8 Å². The van der Waals surface area contributed by atoms with Crippen molar-refractivity contribution >= 4 is 34.3 Å². The van der Waals surface area contributed by atoms with E-state index in [0.717, 1.165) is 10.4 Å². The van der Waals surface area contributed by atoms with Crippen molar-refractivity contribution in [1.29, 1.82) is 0 Å². The number of benzene rings is 1. The van der Waals surface area contributed by atoms with Crippen molar-refractivity contribution in [2.75, 3.05) is 0 Å². The topological polar surface area (TPSA) is 99.8 Å². The van der Waals surface area contributed by atoms with Gasteiger partial charge in [0.15, 0.2) is 5.65 Å². The summed E-state index contributed by atoms with van der Waals surface area (Å²) in [6.07, 6.45) is 3.28. The third kappa shape index (κ3) is 5.12. The third-order valence-corrected chi connectivity index (χ3v) is 6.76. The van der Waals surface area contributed by atoms with E-state index in [1.165, 1.54) is 11.3 Å². The van der Waals surface area contributed by atoms with Crippen molar-refractivity contribution in [3.8, 4) is 10.6 Å². The zero-order valence-electron chi connectivity index (χ0n) is 19.1. The number of carbonyl (C=O) groups excluding carboxylic acids is 2. The van der Waals surface area contributed by atoms with Gasteiger partial charge in [-0.05, 0) is 30.0 Å². The number of hydrogen-bond donors (Lipinski definition) is 3. The second kappa shape index (κ2) is 9.15. The molecule has 1 unspecified atom stereocenters. The first-order chi connectivity index (χ1) is 15.7. The molecule has 0 fully saturated rings. The van der Waals surface area contributed by atoms with Crippen LogP contribution in [0.15, 0.2) is 54.9 Å². The van der Waals surface area contributed by atoms with Crippen LogP contribution in [-0.2, 0) is 6.54 Å². The van der Waals surface area contributed by atoms with Crippen LogP contribution in [-0.4, -0.2) is 32.8 Å². The van der Waals surface area contributed by atoms with Crippen LogP contribution in [0.3, 0.4) is 0 Å². The maximum absolute atomic E-state index is 12.9. The molecule has 7 nitrogen and oxygen atoms in total. The second-order valence-electron chi connectivity index (χ2n) is 9.05. The number of nitrogens with zero attached hydrogens (tertiary/aromatic N) is 2. The Bertz CT molecular complexity index is 1290. The van der Waals surface area contributed by atoms with Gasteiger partial charge in [-0.3, -0.25) is 9.59 Å². The molecule has 2 amide bonds. The summed E-state index contributed by atoms with van der Waals surface area (Å²) in [6, 6.07) is 13.4. The number of aromatic nitrogens is 3. The van der Waals surface area contributed by atoms with Gasteiger partial charge in [0.2, 0.25) is 0 Å². The van der Waals surface area contributed by atoms with Crippen molar-refractivity contribution in [3.63, 3.8) is 0 Å². The van der Waals surface area contributed by atoms with Crippen LogP contribution in [0.4, 0.5) is 0 Å². The summed E-state index contributed by atoms with van der Waals surface area (Å²) in [6.45, 7) is 8.69. The standard InChI is InChI=1S/C25H27N5O2S/c1-15(25(2,3)4)29-23(31)17-13-26-22-21(17)30-18(14-27-22)19-10-11-20(33-19)24(32)28-12-16-8-6-5-7-9-16/h5-11,13-15H,12H2,1-4H3,(H,26,27)(H,28,32)(H,29,31). The Morgan fingerprint density at radius 3 is 2.58 bits per heavy atom. The predicted molar refractivity (Wildman–Crippen MR) is 131 cm³/mol. The summed E-state index contributed by atoms with van der Waals surface area (Å²) in [5, 5.41) is 5.98. The number of aromatic amines is 1. The Balaban J connectivity index is 1.52. The van der Waals surface area contributed by atoms with E-state index in [9.17, 15) is 9.59 Å². The molecule has 4 aromatic rings. The number of carbonyl (C=O) groups is 2. The summed E-state index contributed by atoms with van der Waals surface area (Å²) in [7, 11) is 0. The molecule has 3 aromatic heterocycles. The van der Waals surface area contributed by atoms with Gasteiger partial charge >= 0.3 is 0 Å². The lowest BCUT2D eigenvalue weighted by Gasteiger charge is -2.27. The fraction of sp³-hybridized carbons (Fsp3) is 0.280. The molecule has 0 aliphatic carbocycles. The third-order valence-electron chi connectivity index (χ3n) is 5.65. The largest absolute Gasteiger partial charge is 0.349 e. The molecule has 1 aromatic carbocycles. The zero-order valence-corrected chi connectivity index (χ0v) is 19.9. The molecule has 4 rings (SSSR count). The highest BCUT2D eigenvalue weighted by atomic mass is 32.1. The molecule has 0 aliphatic heterocycles. The smallest absolute Gasteiger partial charge is 0.261 e. The van der Waals surface area contributed by atoms with E-state index >= 15 is 0 Å². The summed E-state index contributed by atoms with van der Waals surface area (Å²) in [5.41, 5.74) is 3.10. The molecule has 3 N–H and O–H groups in total. The molecule has 0 radical (unpaired) electrons. The molecular formula is C25H27N5O2S. The second-order valence-corrected chi connectivity index (χ2v) is 10.1. The van der Waals surface area contributed by atoms with Crippen molar-refractivity contribution in [2.24, 2.45) is 5.41 Å². The molecule has 0 aliphatic rings. The molecule has 33 heavy (non-hydrogen) atoms. The van der Waals surface area contributed by atoms with E-state index in [-0.39, 0.29) is 23.3 Å². The van der Waals surface area contributed by atoms with E-state index in [1.54, 1.807) is 18.5 Å². The highest BCUT2D eigenvalue weighted by Gasteiger charge is 2.24. The van der Waals surface area contributed by atoms with Gasteiger partial charge in [-0.1, -0.05) is 51.1 Å². The first-order valence-electron chi connectivity index (χ1n) is 10.8. The Hall–Kier alpha value is -3.52. The molecule has 1 atom stereocenters. The predicted octanol–water partition coefficient (Wildman–Crippen LogP) is 4.78. The number of fused-ring (bicyclic) bond motifs is 1. The monoisotopic (exact) mass is 461 g/mol. The van der Waals surface area contributed by atoms with E-state index in [0.29, 0.717) is 33.8 Å². The maximum Gasteiger partial charge on any atom is 0.261 e. The van der Waals surface area contributed by atoms with Crippen LogP contribution in [0.25, 0.3) is 21.7 Å². The lowest BCUT2D eigenvalue weighted by molar-refractivity contribution is 0.0910. The minimum atomic E-state index is -0.192. The number of hydrogen-bond acceptors (Lipinski definition) is 5. The fourth-order valence-electron chi connectivity index (χ4n) is 3.14. The van der Waals surface area contributed by atoms with Crippen molar-refractivity contribution in [2.45, 2.75) is 40.3 Å². The Morgan fingerprint density at radius 2 is 1.85 bits per heavy atom. The molecule has 0 saturated heterocycles. The Labute approximate surface area is 196 Å². The van der Waals surface area contributed by atoms with Crippen molar-refractivity contribution < 1.29 is 9.59 Å². The van der Waals surface area contributed by atoms with Crippen LogP contribution in [0.2, 0.25) is 0 Å². The summed E-state index contributed by atoms with van der Waals surface area (Å²) in [5.74, 6) is -0.329. The lowest BCUT2D eigenvalue weighted by atomic mass is 9.88. The molecule has 0 bridgehead atoms. The summed E-state index contributed by atoms with van der Waals surface area (Å²) in [4.78, 5) is 39.0. The zero-order chi connectivity index (χ0) is 23.6. The van der Waals surface area contributed by atoms with Gasteiger partial charge in [-0.25, -0.2) is 9.97 Å². The van der Waals surface area contributed by atoms with Gasteiger partial charge in [0.1, 0.15) is 5.52 Å². The molecule has 3 heterocycles. The molecule has 8 heteroatoms. The molecule has 0 spiro atoms. The lowest BCUT2D eigenvalue weighted by Crippen LogP contribution is -2.41. The molecule has 170 valence electrons. The maximum atomic E-state index is 12.9. The quantitative estimate of drug-likeness (QED) is 0.385. The Kier molecular flexibility index (Phi) is 6.29. The normalized spacial score (nSPS) is 12.5. The minimum absolute atomic E-state index is 0.0136. The fourth-order valence-corrected chi connectivity index (χ4v) is 4.01. The van der Waals surface area contributed by atoms with Crippen molar-refractivity contribution in [3.05, 3.63) is 70.9 Å². The van der Waals surface area contributed by atoms with Gasteiger partial charge in [0.25, 0.3) is 11.8 Å². The van der Waals surface area contributed by atoms with Crippen molar-refractivity contribution in [1.82, 2.24) is 25.6 Å². The molecule has 0 saturated carbocycles. The average molecular weight is 462 g/mol. The number of H-pyrrole nitrogens is 1. The minimum Gasteiger partial charge on any atom is -0.349 e. The van der Waals surface area contributed by atoms with Gasteiger partial charge in [-0.2, -0.15) is 0 Å². The van der Waals surface area contributed by atoms with E-state index in [1.807, 2.05) is 43.3 Å². The first kappa shape index (κ1) is 22.7. The highest BCUT2D eigenvalue weighted by molar-refractivity contribution is 7.17.